The van der Waals surface area contributed by atoms with E-state index in [2.05, 4.69) is 15.4 Å². The van der Waals surface area contributed by atoms with Crippen LogP contribution in [0.1, 0.15) is 24.7 Å². The van der Waals surface area contributed by atoms with Crippen LogP contribution in [0.2, 0.25) is 0 Å². The Kier molecular flexibility index (Phi) is 4.64. The lowest BCUT2D eigenvalue weighted by atomic mass is 9.88. The van der Waals surface area contributed by atoms with Gasteiger partial charge >= 0.3 is 0 Å². The number of hydrogen-bond donors (Lipinski definition) is 1. The maximum Gasteiger partial charge on any atom is 0.241 e. The zero-order valence-electron chi connectivity index (χ0n) is 13.9. The van der Waals surface area contributed by atoms with E-state index in [4.69, 9.17) is 0 Å². The highest BCUT2D eigenvalue weighted by atomic mass is 16.2. The summed E-state index contributed by atoms with van der Waals surface area (Å²) in [6, 6.07) is 1.66. The third-order valence-electron chi connectivity index (χ3n) is 4.54. The number of aromatic nitrogens is 4. The molecule has 0 aromatic carbocycles. The zero-order chi connectivity index (χ0) is 17.1. The molecule has 8 nitrogen and oxygen atoms in total. The highest BCUT2D eigenvalue weighted by Crippen LogP contribution is 2.34. The van der Waals surface area contributed by atoms with Gasteiger partial charge in [0.25, 0.3) is 0 Å². The standard InChI is InChI=1S/C16H22N6O2/c1-20-9-7-17-16(20)15-12(4-5-14(24)21(15)2)10-18-13(23)11-22-8-3-6-19-22/h3,6-9,12,15H,4-5,10-11H2,1-2H3,(H,18,23)/t12-,15+/m1/s1. The number of carbonyl (C=O) groups excluding carboxylic acids is 2. The van der Waals surface area contributed by atoms with Crippen LogP contribution in [-0.2, 0) is 23.2 Å². The molecule has 2 atom stereocenters. The van der Waals surface area contributed by atoms with Crippen molar-refractivity contribution in [3.05, 3.63) is 36.7 Å². The molecule has 1 aliphatic rings. The van der Waals surface area contributed by atoms with E-state index in [-0.39, 0.29) is 30.3 Å². The fourth-order valence-corrected chi connectivity index (χ4v) is 3.22. The molecule has 24 heavy (non-hydrogen) atoms. The zero-order valence-corrected chi connectivity index (χ0v) is 13.9. The summed E-state index contributed by atoms with van der Waals surface area (Å²) in [6.07, 6.45) is 8.24. The van der Waals surface area contributed by atoms with Crippen LogP contribution in [0.25, 0.3) is 0 Å². The van der Waals surface area contributed by atoms with E-state index in [9.17, 15) is 9.59 Å². The number of rotatable bonds is 5. The quantitative estimate of drug-likeness (QED) is 0.857. The summed E-state index contributed by atoms with van der Waals surface area (Å²) >= 11 is 0. The number of nitrogens with zero attached hydrogens (tertiary/aromatic N) is 5. The molecule has 1 saturated heterocycles. The van der Waals surface area contributed by atoms with Crippen molar-refractivity contribution in [2.45, 2.75) is 25.4 Å². The molecular weight excluding hydrogens is 308 g/mol. The Labute approximate surface area is 140 Å². The number of hydrogen-bond acceptors (Lipinski definition) is 4. The van der Waals surface area contributed by atoms with Crippen LogP contribution < -0.4 is 5.32 Å². The number of amides is 2. The normalized spacial score (nSPS) is 21.1. The Morgan fingerprint density at radius 3 is 2.83 bits per heavy atom. The van der Waals surface area contributed by atoms with Gasteiger partial charge in [-0.05, 0) is 12.5 Å². The van der Waals surface area contributed by atoms with Gasteiger partial charge in [-0.3, -0.25) is 14.3 Å². The number of piperidine rings is 1. The van der Waals surface area contributed by atoms with Crippen molar-refractivity contribution >= 4 is 11.8 Å². The van der Waals surface area contributed by atoms with Gasteiger partial charge in [0.15, 0.2) is 0 Å². The van der Waals surface area contributed by atoms with E-state index < -0.39 is 0 Å². The van der Waals surface area contributed by atoms with Gasteiger partial charge in [0.1, 0.15) is 12.4 Å². The number of nitrogens with one attached hydrogen (secondary N) is 1. The molecule has 1 aliphatic heterocycles. The molecule has 0 radical (unpaired) electrons. The molecule has 0 unspecified atom stereocenters. The van der Waals surface area contributed by atoms with Gasteiger partial charge in [-0.15, -0.1) is 0 Å². The summed E-state index contributed by atoms with van der Waals surface area (Å²) in [7, 11) is 3.72. The lowest BCUT2D eigenvalue weighted by Crippen LogP contribution is -2.45. The van der Waals surface area contributed by atoms with Crippen molar-refractivity contribution in [1.82, 2.24) is 29.5 Å². The van der Waals surface area contributed by atoms with Gasteiger partial charge in [-0.1, -0.05) is 0 Å². The van der Waals surface area contributed by atoms with Crippen LogP contribution in [0.3, 0.4) is 0 Å². The van der Waals surface area contributed by atoms with Gasteiger partial charge in [0, 0.05) is 57.8 Å². The summed E-state index contributed by atoms with van der Waals surface area (Å²) in [5.74, 6) is 1.01. The summed E-state index contributed by atoms with van der Waals surface area (Å²) in [5, 5.41) is 6.99. The van der Waals surface area contributed by atoms with Crippen LogP contribution in [0, 0.1) is 5.92 Å². The van der Waals surface area contributed by atoms with Crippen LogP contribution in [0.5, 0.6) is 0 Å². The van der Waals surface area contributed by atoms with Crippen molar-refractivity contribution < 1.29 is 9.59 Å². The minimum atomic E-state index is -0.128. The number of aryl methyl sites for hydroxylation is 1. The van der Waals surface area contributed by atoms with Gasteiger partial charge in [-0.2, -0.15) is 5.10 Å². The fraction of sp³-hybridized carbons (Fsp3) is 0.500. The largest absolute Gasteiger partial charge is 0.354 e. The molecule has 8 heteroatoms. The first kappa shape index (κ1) is 16.2. The Balaban J connectivity index is 1.67. The average molecular weight is 330 g/mol. The molecule has 0 aliphatic carbocycles. The van der Waals surface area contributed by atoms with Crippen LogP contribution in [-0.4, -0.2) is 49.6 Å². The maximum absolute atomic E-state index is 12.1. The third-order valence-corrected chi connectivity index (χ3v) is 4.54. The second-order valence-electron chi connectivity index (χ2n) is 6.15. The first-order valence-corrected chi connectivity index (χ1v) is 8.03. The van der Waals surface area contributed by atoms with Crippen molar-refractivity contribution in [2.24, 2.45) is 13.0 Å². The molecule has 1 N–H and O–H groups in total. The minimum Gasteiger partial charge on any atom is -0.354 e. The molecule has 3 heterocycles. The second-order valence-corrected chi connectivity index (χ2v) is 6.15. The van der Waals surface area contributed by atoms with Crippen LogP contribution in [0.15, 0.2) is 30.9 Å². The monoisotopic (exact) mass is 330 g/mol. The van der Waals surface area contributed by atoms with Crippen LogP contribution >= 0.6 is 0 Å². The fourth-order valence-electron chi connectivity index (χ4n) is 3.22. The summed E-state index contributed by atoms with van der Waals surface area (Å²) < 4.78 is 3.51. The number of carbonyl (C=O) groups is 2. The average Bonchev–Trinajstić information content (AvgIpc) is 3.20. The lowest BCUT2D eigenvalue weighted by Gasteiger charge is -2.38. The van der Waals surface area contributed by atoms with Crippen molar-refractivity contribution in [1.29, 1.82) is 0 Å². The molecule has 0 spiro atoms. The second kappa shape index (κ2) is 6.86. The molecule has 3 rings (SSSR count). The molecule has 2 aromatic heterocycles. The molecule has 2 amide bonds. The highest BCUT2D eigenvalue weighted by Gasteiger charge is 2.36. The summed E-state index contributed by atoms with van der Waals surface area (Å²) in [5.41, 5.74) is 0. The molecule has 2 aromatic rings. The molecular formula is C16H22N6O2. The van der Waals surface area contributed by atoms with E-state index in [1.54, 1.807) is 41.3 Å². The topological polar surface area (TPSA) is 85.1 Å². The highest BCUT2D eigenvalue weighted by molar-refractivity contribution is 5.77. The summed E-state index contributed by atoms with van der Waals surface area (Å²) in [4.78, 5) is 30.3. The smallest absolute Gasteiger partial charge is 0.241 e. The number of likely N-dealkylation sites (tertiary alicyclic amines) is 1. The van der Waals surface area contributed by atoms with Crippen molar-refractivity contribution in [3.63, 3.8) is 0 Å². The Morgan fingerprint density at radius 1 is 1.33 bits per heavy atom. The molecule has 1 fully saturated rings. The molecule has 0 saturated carbocycles. The Morgan fingerprint density at radius 2 is 2.17 bits per heavy atom. The van der Waals surface area contributed by atoms with Gasteiger partial charge < -0.3 is 14.8 Å². The number of imidazole rings is 1. The minimum absolute atomic E-state index is 0.0863. The van der Waals surface area contributed by atoms with E-state index in [1.165, 1.54) is 0 Å². The predicted octanol–water partition coefficient (Wildman–Crippen LogP) is 0.343. The van der Waals surface area contributed by atoms with E-state index in [1.807, 2.05) is 17.8 Å². The lowest BCUT2D eigenvalue weighted by molar-refractivity contribution is -0.137. The van der Waals surface area contributed by atoms with Crippen LogP contribution in [0.4, 0.5) is 0 Å². The van der Waals surface area contributed by atoms with E-state index in [0.717, 1.165) is 12.2 Å². The van der Waals surface area contributed by atoms with Crippen molar-refractivity contribution in [3.8, 4) is 0 Å². The van der Waals surface area contributed by atoms with Gasteiger partial charge in [0.05, 0.1) is 6.04 Å². The van der Waals surface area contributed by atoms with Crippen molar-refractivity contribution in [2.75, 3.05) is 13.6 Å². The Hall–Kier alpha value is -2.64. The summed E-state index contributed by atoms with van der Waals surface area (Å²) in [6.45, 7) is 0.705. The first-order chi connectivity index (χ1) is 11.6. The predicted molar refractivity (Wildman–Crippen MR) is 86.7 cm³/mol. The molecule has 0 bridgehead atoms. The van der Waals surface area contributed by atoms with E-state index in [0.29, 0.717) is 13.0 Å². The SMILES string of the molecule is CN1C(=O)CC[C@H](CNC(=O)Cn2cccn2)[C@H]1c1nccn1C. The Bertz CT molecular complexity index is 708. The first-order valence-electron chi connectivity index (χ1n) is 8.03. The maximum atomic E-state index is 12.1. The molecule has 128 valence electrons. The van der Waals surface area contributed by atoms with E-state index >= 15 is 0 Å². The third kappa shape index (κ3) is 3.32. The van der Waals surface area contributed by atoms with Gasteiger partial charge in [0.2, 0.25) is 11.8 Å². The van der Waals surface area contributed by atoms with Gasteiger partial charge in [-0.25, -0.2) is 4.98 Å².